The van der Waals surface area contributed by atoms with Crippen molar-refractivity contribution in [1.82, 2.24) is 15.5 Å². The molecule has 1 fully saturated rings. The molecule has 11 heteroatoms. The van der Waals surface area contributed by atoms with Crippen LogP contribution in [0.4, 0.5) is 22.8 Å². The molecule has 0 aromatic heterocycles. The maximum absolute atomic E-state index is 13.6. The second-order valence-corrected chi connectivity index (χ2v) is 10.1. The summed E-state index contributed by atoms with van der Waals surface area (Å²) in [7, 11) is 1.50. The number of alkyl carbamates (subject to hydrolysis) is 1. The van der Waals surface area contributed by atoms with Crippen LogP contribution < -0.4 is 20.1 Å². The third-order valence-corrected chi connectivity index (χ3v) is 6.61. The van der Waals surface area contributed by atoms with E-state index in [9.17, 15) is 22.8 Å². The van der Waals surface area contributed by atoms with Crippen LogP contribution >= 0.6 is 0 Å². The van der Waals surface area contributed by atoms with E-state index in [-0.39, 0.29) is 38.6 Å². The van der Waals surface area contributed by atoms with Gasteiger partial charge in [-0.15, -0.1) is 0 Å². The molecule has 0 spiro atoms. The van der Waals surface area contributed by atoms with Gasteiger partial charge < -0.3 is 29.7 Å². The zero-order chi connectivity index (χ0) is 29.1. The Kier molecular flexibility index (Phi) is 11.3. The molecule has 220 valence electrons. The van der Waals surface area contributed by atoms with Gasteiger partial charge in [-0.3, -0.25) is 0 Å². The second-order valence-electron chi connectivity index (χ2n) is 10.1. The lowest BCUT2D eigenvalue weighted by Crippen LogP contribution is -2.52. The van der Waals surface area contributed by atoms with Crippen molar-refractivity contribution >= 4 is 12.1 Å². The van der Waals surface area contributed by atoms with Crippen molar-refractivity contribution in [3.05, 3.63) is 59.7 Å². The molecule has 1 aliphatic carbocycles. The Morgan fingerprint density at radius 3 is 2.42 bits per heavy atom. The highest BCUT2D eigenvalue weighted by atomic mass is 19.4. The zero-order valence-electron chi connectivity index (χ0n) is 23.1. The smallest absolute Gasteiger partial charge is 0.407 e. The van der Waals surface area contributed by atoms with Gasteiger partial charge in [0.2, 0.25) is 0 Å². The average Bonchev–Trinajstić information content (AvgIpc) is 2.91. The molecule has 40 heavy (non-hydrogen) atoms. The number of halogens is 3. The Hall–Kier alpha value is -3.63. The van der Waals surface area contributed by atoms with E-state index in [1.807, 2.05) is 30.3 Å². The highest BCUT2D eigenvalue weighted by Crippen LogP contribution is 2.38. The topological polar surface area (TPSA) is 89.1 Å². The minimum absolute atomic E-state index is 0.0152. The van der Waals surface area contributed by atoms with Crippen molar-refractivity contribution < 1.29 is 37.0 Å². The quantitative estimate of drug-likeness (QED) is 0.347. The standard InChI is InChI=1S/C29H38F3N3O5/c1-20(2)40-28(37)33-15-16-35(27(36)34-24-12-8-7-11-23(24)29(30,31)32)18-22-13-14-25(26(17-22)38-3)39-19-21-9-5-4-6-10-21/h4-6,9-10,13-14,17,20,23-24H,7-8,11-12,15-16,18-19H2,1-3H3,(H,33,37)(H,34,36). The molecule has 2 atom stereocenters. The summed E-state index contributed by atoms with van der Waals surface area (Å²) < 4.78 is 57.3. The van der Waals surface area contributed by atoms with E-state index < -0.39 is 30.3 Å². The van der Waals surface area contributed by atoms with Gasteiger partial charge in [-0.2, -0.15) is 13.2 Å². The molecule has 0 saturated heterocycles. The van der Waals surface area contributed by atoms with Gasteiger partial charge in [-0.25, -0.2) is 9.59 Å². The molecule has 8 nitrogen and oxygen atoms in total. The predicted molar refractivity (Wildman–Crippen MR) is 144 cm³/mol. The number of amides is 3. The van der Waals surface area contributed by atoms with Crippen molar-refractivity contribution in [2.45, 2.75) is 71.0 Å². The number of nitrogens with zero attached hydrogens (tertiary/aromatic N) is 1. The van der Waals surface area contributed by atoms with Crippen LogP contribution in [0.2, 0.25) is 0 Å². The van der Waals surface area contributed by atoms with E-state index in [2.05, 4.69) is 10.6 Å². The number of hydrogen-bond donors (Lipinski definition) is 2. The Morgan fingerprint density at radius 1 is 1.02 bits per heavy atom. The summed E-state index contributed by atoms with van der Waals surface area (Å²) >= 11 is 0. The number of ether oxygens (including phenoxy) is 3. The first-order valence-electron chi connectivity index (χ1n) is 13.5. The number of urea groups is 1. The summed E-state index contributed by atoms with van der Waals surface area (Å²) in [5.41, 5.74) is 1.67. The Bertz CT molecular complexity index is 1100. The van der Waals surface area contributed by atoms with E-state index in [1.54, 1.807) is 32.0 Å². The van der Waals surface area contributed by atoms with Crippen LogP contribution in [-0.4, -0.2) is 55.5 Å². The fourth-order valence-electron chi connectivity index (χ4n) is 4.63. The average molecular weight is 566 g/mol. The molecule has 0 heterocycles. The molecular weight excluding hydrogens is 527 g/mol. The van der Waals surface area contributed by atoms with Crippen molar-refractivity contribution in [3.8, 4) is 11.5 Å². The van der Waals surface area contributed by atoms with Gasteiger partial charge in [0.05, 0.1) is 19.1 Å². The number of methoxy groups -OCH3 is 1. The molecular formula is C29H38F3N3O5. The first kappa shape index (κ1) is 30.9. The number of hydrogen-bond acceptors (Lipinski definition) is 5. The van der Waals surface area contributed by atoms with Gasteiger partial charge in [0.1, 0.15) is 6.61 Å². The number of benzene rings is 2. The predicted octanol–water partition coefficient (Wildman–Crippen LogP) is 6.04. The fraction of sp³-hybridized carbons (Fsp3) is 0.517. The molecule has 2 unspecified atom stereocenters. The molecule has 3 amide bonds. The summed E-state index contributed by atoms with van der Waals surface area (Å²) in [6.45, 7) is 3.94. The number of nitrogens with one attached hydrogen (secondary N) is 2. The second kappa shape index (κ2) is 14.7. The van der Waals surface area contributed by atoms with Crippen LogP contribution in [0.15, 0.2) is 48.5 Å². The number of carbonyl (C=O) groups is 2. The first-order valence-corrected chi connectivity index (χ1v) is 13.5. The van der Waals surface area contributed by atoms with Gasteiger partial charge >= 0.3 is 18.3 Å². The summed E-state index contributed by atoms with van der Waals surface area (Å²) in [5.74, 6) is -0.622. The molecule has 2 aromatic rings. The van der Waals surface area contributed by atoms with Crippen molar-refractivity contribution in [3.63, 3.8) is 0 Å². The highest BCUT2D eigenvalue weighted by molar-refractivity contribution is 5.75. The molecule has 0 aliphatic heterocycles. The van der Waals surface area contributed by atoms with Crippen LogP contribution in [0.1, 0.15) is 50.7 Å². The van der Waals surface area contributed by atoms with Crippen molar-refractivity contribution in [2.24, 2.45) is 5.92 Å². The molecule has 0 bridgehead atoms. The van der Waals surface area contributed by atoms with E-state index in [4.69, 9.17) is 14.2 Å². The van der Waals surface area contributed by atoms with Gasteiger partial charge in [0, 0.05) is 25.7 Å². The Labute approximate surface area is 233 Å². The maximum atomic E-state index is 13.6. The third-order valence-electron chi connectivity index (χ3n) is 6.61. The summed E-state index contributed by atoms with van der Waals surface area (Å²) in [5, 5.41) is 5.19. The van der Waals surface area contributed by atoms with Crippen LogP contribution in [0.3, 0.4) is 0 Å². The Morgan fingerprint density at radius 2 is 1.75 bits per heavy atom. The largest absolute Gasteiger partial charge is 0.493 e. The van der Waals surface area contributed by atoms with Gasteiger partial charge in [0.15, 0.2) is 11.5 Å². The number of rotatable bonds is 11. The van der Waals surface area contributed by atoms with Crippen molar-refractivity contribution in [2.75, 3.05) is 20.2 Å². The van der Waals surface area contributed by atoms with E-state index in [1.165, 1.54) is 12.0 Å². The molecule has 2 N–H and O–H groups in total. The SMILES string of the molecule is COc1cc(CN(CCNC(=O)OC(C)C)C(=O)NC2CCCCC2C(F)(F)F)ccc1OCc1ccccc1. The first-order chi connectivity index (χ1) is 19.1. The van der Waals surface area contributed by atoms with Gasteiger partial charge in [-0.05, 0) is 49.9 Å². The molecule has 0 radical (unpaired) electrons. The summed E-state index contributed by atoms with van der Waals surface area (Å²) in [6, 6.07) is 13.2. The summed E-state index contributed by atoms with van der Waals surface area (Å²) in [6.07, 6.45) is -4.03. The fourth-order valence-corrected chi connectivity index (χ4v) is 4.63. The minimum atomic E-state index is -4.39. The maximum Gasteiger partial charge on any atom is 0.407 e. The van der Waals surface area contributed by atoms with Crippen LogP contribution in [0, 0.1) is 5.92 Å². The zero-order valence-corrected chi connectivity index (χ0v) is 23.1. The normalized spacial score (nSPS) is 17.2. The summed E-state index contributed by atoms with van der Waals surface area (Å²) in [4.78, 5) is 26.6. The highest BCUT2D eigenvalue weighted by Gasteiger charge is 2.46. The third kappa shape index (κ3) is 9.53. The molecule has 1 aliphatic rings. The van der Waals surface area contributed by atoms with Crippen LogP contribution in [0.5, 0.6) is 11.5 Å². The van der Waals surface area contributed by atoms with Crippen molar-refractivity contribution in [1.29, 1.82) is 0 Å². The minimum Gasteiger partial charge on any atom is -0.493 e. The number of alkyl halides is 3. The molecule has 3 rings (SSSR count). The van der Waals surface area contributed by atoms with Gasteiger partial charge in [-0.1, -0.05) is 49.2 Å². The van der Waals surface area contributed by atoms with Gasteiger partial charge in [0.25, 0.3) is 0 Å². The lowest BCUT2D eigenvalue weighted by atomic mass is 9.84. The van der Waals surface area contributed by atoms with Crippen LogP contribution in [0.25, 0.3) is 0 Å². The van der Waals surface area contributed by atoms with E-state index in [0.29, 0.717) is 36.5 Å². The Balaban J connectivity index is 1.72. The monoisotopic (exact) mass is 565 g/mol. The van der Waals surface area contributed by atoms with E-state index in [0.717, 1.165) is 5.56 Å². The lowest BCUT2D eigenvalue weighted by Gasteiger charge is -2.35. The lowest BCUT2D eigenvalue weighted by molar-refractivity contribution is -0.188. The molecule has 2 aromatic carbocycles. The number of carbonyl (C=O) groups excluding carboxylic acids is 2. The van der Waals surface area contributed by atoms with E-state index >= 15 is 0 Å². The van der Waals surface area contributed by atoms with Crippen LogP contribution in [-0.2, 0) is 17.9 Å². The molecule has 1 saturated carbocycles.